The van der Waals surface area contributed by atoms with E-state index in [9.17, 15) is 19.5 Å². The maximum atomic E-state index is 15.5. The van der Waals surface area contributed by atoms with Crippen LogP contribution in [0.1, 0.15) is 60.8 Å². The van der Waals surface area contributed by atoms with E-state index in [4.69, 9.17) is 16.3 Å². The van der Waals surface area contributed by atoms with Crippen LogP contribution in [0.2, 0.25) is 0 Å². The Morgan fingerprint density at radius 3 is 2.50 bits per heavy atom. The van der Waals surface area contributed by atoms with Crippen molar-refractivity contribution in [3.8, 4) is 0 Å². The van der Waals surface area contributed by atoms with Gasteiger partial charge >= 0.3 is 5.97 Å². The van der Waals surface area contributed by atoms with Gasteiger partial charge < -0.3 is 9.84 Å². The van der Waals surface area contributed by atoms with Crippen molar-refractivity contribution in [3.05, 3.63) is 23.8 Å². The Hall–Kier alpha value is -1.53. The molecule has 7 heteroatoms. The molecular weight excluding hydrogens is 459 g/mol. The molecule has 0 aromatic heterocycles. The molecule has 4 rings (SSSR count). The first-order chi connectivity index (χ1) is 15.6. The lowest BCUT2D eigenvalue weighted by Gasteiger charge is -2.63. The number of alkyl halides is 2. The predicted octanol–water partition coefficient (Wildman–Crippen LogP) is 4.60. The summed E-state index contributed by atoms with van der Waals surface area (Å²) in [7, 11) is 0. The number of aliphatic hydroxyl groups excluding tert-OH is 1. The quantitative estimate of drug-likeness (QED) is 0.458. The molecule has 4 aliphatic carbocycles. The van der Waals surface area contributed by atoms with Gasteiger partial charge in [-0.15, -0.1) is 11.6 Å². The fourth-order valence-corrected chi connectivity index (χ4v) is 8.19. The van der Waals surface area contributed by atoms with Gasteiger partial charge in [0.15, 0.2) is 11.6 Å². The molecule has 0 bridgehead atoms. The first-order valence-electron chi connectivity index (χ1n) is 12.2. The highest BCUT2D eigenvalue weighted by Gasteiger charge is 2.71. The number of halogens is 2. The van der Waals surface area contributed by atoms with Gasteiger partial charge in [-0.25, -0.2) is 4.39 Å². The maximum absolute atomic E-state index is 15.5. The first-order valence-corrected chi connectivity index (χ1v) is 12.6. The van der Waals surface area contributed by atoms with Crippen LogP contribution < -0.4 is 0 Å². The van der Waals surface area contributed by atoms with Gasteiger partial charge in [-0.05, 0) is 80.9 Å². The van der Waals surface area contributed by atoms with Crippen LogP contribution in [0, 0.1) is 39.9 Å². The van der Waals surface area contributed by atoms with Crippen LogP contribution in [-0.2, 0) is 19.1 Å². The monoisotopic (exact) mass is 494 g/mol. The van der Waals surface area contributed by atoms with Crippen LogP contribution in [0.25, 0.3) is 0 Å². The third kappa shape index (κ3) is 3.46. The fourth-order valence-electron chi connectivity index (χ4n) is 7.70. The van der Waals surface area contributed by atoms with Crippen molar-refractivity contribution < 1.29 is 28.6 Å². The lowest BCUT2D eigenvalue weighted by atomic mass is 9.46. The highest BCUT2D eigenvalue weighted by Crippen LogP contribution is 2.70. The van der Waals surface area contributed by atoms with Gasteiger partial charge in [-0.2, -0.15) is 0 Å². The normalized spacial score (nSPS) is 45.7. The Morgan fingerprint density at radius 2 is 1.88 bits per heavy atom. The van der Waals surface area contributed by atoms with E-state index in [0.29, 0.717) is 12.0 Å². The fraction of sp³-hybridized carbons (Fsp3) is 0.741. The molecule has 0 saturated heterocycles. The SMILES string of the molecule is C[C@@H]1C[C@H]2C3C[C@H](F)C4=CC(=O)C=C[C@]4(C)[C@@]3(Cl)[C@@H](O)C[C@]2(C)[C@H]1C(=O)COC(=O)C(C)(C)C. The largest absolute Gasteiger partial charge is 0.457 e. The molecule has 4 aliphatic rings. The summed E-state index contributed by atoms with van der Waals surface area (Å²) in [6.07, 6.45) is 3.13. The van der Waals surface area contributed by atoms with E-state index in [2.05, 4.69) is 0 Å². The Morgan fingerprint density at radius 1 is 1.24 bits per heavy atom. The third-order valence-corrected chi connectivity index (χ3v) is 10.2. The van der Waals surface area contributed by atoms with Crippen LogP contribution in [0.3, 0.4) is 0 Å². The van der Waals surface area contributed by atoms with Crippen molar-refractivity contribution in [2.24, 2.45) is 39.9 Å². The molecule has 0 radical (unpaired) electrons. The van der Waals surface area contributed by atoms with Gasteiger partial charge in [-0.1, -0.05) is 26.8 Å². The number of fused-ring (bicyclic) bond motifs is 5. The second kappa shape index (κ2) is 7.99. The van der Waals surface area contributed by atoms with Gasteiger partial charge in [0.1, 0.15) is 12.8 Å². The molecule has 9 atom stereocenters. The van der Waals surface area contributed by atoms with Crippen molar-refractivity contribution in [2.45, 2.75) is 78.0 Å². The third-order valence-electron chi connectivity index (χ3n) is 9.27. The molecule has 1 unspecified atom stereocenters. The van der Waals surface area contributed by atoms with E-state index < -0.39 is 45.3 Å². The zero-order valence-electron chi connectivity index (χ0n) is 20.9. The molecular formula is C27H36ClFO5. The summed E-state index contributed by atoms with van der Waals surface area (Å²) in [6.45, 7) is 10.7. The molecule has 34 heavy (non-hydrogen) atoms. The molecule has 0 heterocycles. The topological polar surface area (TPSA) is 80.7 Å². The Bertz CT molecular complexity index is 982. The molecule has 0 aromatic carbocycles. The Balaban J connectivity index is 1.67. The van der Waals surface area contributed by atoms with Gasteiger partial charge in [0.25, 0.3) is 0 Å². The average Bonchev–Trinajstić information content (AvgIpc) is 2.99. The standard InChI is InChI=1S/C27H36ClFO5/c1-14-9-16-17-11-19(29)18-10-15(30)7-8-26(18,6)27(17,28)21(32)12-25(16,5)22(14)20(31)13-34-23(33)24(2,3)4/h7-8,10,14,16-17,19,21-22,32H,9,11-13H2,1-6H3/t14-,16+,17?,19+,21+,22-,25+,26+,27+/m1/s1. The summed E-state index contributed by atoms with van der Waals surface area (Å²) in [4.78, 5) is 36.4. The molecule has 5 nitrogen and oxygen atoms in total. The van der Waals surface area contributed by atoms with Crippen LogP contribution in [0.4, 0.5) is 4.39 Å². The second-order valence-electron chi connectivity index (χ2n) is 12.4. The van der Waals surface area contributed by atoms with Crippen LogP contribution in [0.15, 0.2) is 23.8 Å². The van der Waals surface area contributed by atoms with Gasteiger partial charge in [0, 0.05) is 11.3 Å². The highest BCUT2D eigenvalue weighted by atomic mass is 35.5. The summed E-state index contributed by atoms with van der Waals surface area (Å²) >= 11 is 7.34. The lowest BCUT2D eigenvalue weighted by molar-refractivity contribution is -0.159. The summed E-state index contributed by atoms with van der Waals surface area (Å²) in [6, 6.07) is 0. The minimum Gasteiger partial charge on any atom is -0.457 e. The van der Waals surface area contributed by atoms with Gasteiger partial charge in [0.2, 0.25) is 0 Å². The molecule has 3 saturated carbocycles. The van der Waals surface area contributed by atoms with Crippen molar-refractivity contribution in [2.75, 3.05) is 6.61 Å². The number of hydrogen-bond acceptors (Lipinski definition) is 5. The van der Waals surface area contributed by atoms with Crippen molar-refractivity contribution in [3.63, 3.8) is 0 Å². The number of ketones is 2. The Labute approximate surface area is 206 Å². The van der Waals surface area contributed by atoms with Crippen LogP contribution in [0.5, 0.6) is 0 Å². The number of carbonyl (C=O) groups excluding carboxylic acids is 3. The second-order valence-corrected chi connectivity index (χ2v) is 13.1. The summed E-state index contributed by atoms with van der Waals surface area (Å²) in [5.74, 6) is -1.77. The van der Waals surface area contributed by atoms with E-state index >= 15 is 4.39 Å². The van der Waals surface area contributed by atoms with Crippen molar-refractivity contribution in [1.29, 1.82) is 0 Å². The lowest BCUT2D eigenvalue weighted by Crippen LogP contribution is -2.67. The van der Waals surface area contributed by atoms with Crippen molar-refractivity contribution >= 4 is 29.1 Å². The molecule has 1 N–H and O–H groups in total. The highest BCUT2D eigenvalue weighted by molar-refractivity contribution is 6.26. The minimum atomic E-state index is -1.34. The van der Waals surface area contributed by atoms with E-state index in [0.717, 1.165) is 0 Å². The van der Waals surface area contributed by atoms with E-state index in [-0.39, 0.29) is 48.8 Å². The summed E-state index contributed by atoms with van der Waals surface area (Å²) < 4.78 is 20.9. The first kappa shape index (κ1) is 25.6. The molecule has 188 valence electrons. The molecule has 0 amide bonds. The molecule has 0 spiro atoms. The number of esters is 1. The number of allylic oxidation sites excluding steroid dienone is 4. The maximum Gasteiger partial charge on any atom is 0.311 e. The number of hydrogen-bond donors (Lipinski definition) is 1. The molecule has 0 aliphatic heterocycles. The van der Waals surface area contributed by atoms with Crippen LogP contribution >= 0.6 is 11.6 Å². The number of rotatable bonds is 3. The van der Waals surface area contributed by atoms with Crippen molar-refractivity contribution in [1.82, 2.24) is 0 Å². The van der Waals surface area contributed by atoms with Gasteiger partial charge in [0.05, 0.1) is 16.4 Å². The molecule has 0 aromatic rings. The van der Waals surface area contributed by atoms with Gasteiger partial charge in [-0.3, -0.25) is 14.4 Å². The predicted molar refractivity (Wildman–Crippen MR) is 127 cm³/mol. The summed E-state index contributed by atoms with van der Waals surface area (Å²) in [5.41, 5.74) is -1.97. The number of Topliss-reactive ketones (excluding diaryl/α,β-unsaturated/α-hetero) is 1. The van der Waals surface area contributed by atoms with E-state index in [1.165, 1.54) is 12.2 Å². The Kier molecular flexibility index (Phi) is 6.01. The number of carbonyl (C=O) groups is 3. The minimum absolute atomic E-state index is 0.0201. The number of aliphatic hydroxyl groups is 1. The zero-order chi connectivity index (χ0) is 25.4. The number of ether oxygens (including phenoxy) is 1. The zero-order valence-corrected chi connectivity index (χ0v) is 21.6. The smallest absolute Gasteiger partial charge is 0.311 e. The van der Waals surface area contributed by atoms with E-state index in [1.807, 2.05) is 20.8 Å². The molecule has 3 fully saturated rings. The van der Waals surface area contributed by atoms with E-state index in [1.54, 1.807) is 26.8 Å². The van der Waals surface area contributed by atoms with Crippen LogP contribution in [-0.4, -0.2) is 46.4 Å². The average molecular weight is 495 g/mol. The summed E-state index contributed by atoms with van der Waals surface area (Å²) in [5, 5.41) is 11.5.